The van der Waals surface area contributed by atoms with Crippen molar-refractivity contribution in [3.63, 3.8) is 0 Å². The molecule has 0 saturated heterocycles. The monoisotopic (exact) mass is 251 g/mol. The molecule has 0 fully saturated rings. The van der Waals surface area contributed by atoms with E-state index in [1.54, 1.807) is 6.07 Å². The fraction of sp³-hybridized carbons (Fsp3) is 0.417. The van der Waals surface area contributed by atoms with Crippen molar-refractivity contribution in [2.75, 3.05) is 5.32 Å². The zero-order valence-corrected chi connectivity index (χ0v) is 10.4. The van der Waals surface area contributed by atoms with E-state index in [4.69, 9.17) is 5.73 Å². The van der Waals surface area contributed by atoms with Gasteiger partial charge in [-0.25, -0.2) is 0 Å². The minimum atomic E-state index is -0.607. The van der Waals surface area contributed by atoms with Gasteiger partial charge in [-0.3, -0.25) is 14.9 Å². The third-order valence-corrected chi connectivity index (χ3v) is 2.39. The Labute approximate surface area is 105 Å². The quantitative estimate of drug-likeness (QED) is 0.616. The number of carbonyl (C=O) groups is 1. The molecule has 0 spiro atoms. The zero-order chi connectivity index (χ0) is 13.7. The van der Waals surface area contributed by atoms with Gasteiger partial charge in [0.1, 0.15) is 0 Å². The van der Waals surface area contributed by atoms with Crippen LogP contribution in [0.25, 0.3) is 0 Å². The Morgan fingerprint density at radius 2 is 2.17 bits per heavy atom. The van der Waals surface area contributed by atoms with Crippen molar-refractivity contribution in [1.29, 1.82) is 0 Å². The molecule has 6 nitrogen and oxygen atoms in total. The predicted molar refractivity (Wildman–Crippen MR) is 69.2 cm³/mol. The smallest absolute Gasteiger partial charge is 0.271 e. The molecule has 0 saturated carbocycles. The van der Waals surface area contributed by atoms with Gasteiger partial charge in [-0.05, 0) is 18.4 Å². The summed E-state index contributed by atoms with van der Waals surface area (Å²) in [6.07, 6.45) is 0.570. The second-order valence-electron chi connectivity index (χ2n) is 4.53. The second kappa shape index (κ2) is 6.11. The SMILES string of the molecule is CC(C)C[C@H](N)C(=O)Nc1cccc([N+](=O)[O-])c1. The molecule has 1 aromatic rings. The lowest BCUT2D eigenvalue weighted by atomic mass is 10.0. The molecule has 0 aliphatic rings. The van der Waals surface area contributed by atoms with Crippen LogP contribution in [0.15, 0.2) is 24.3 Å². The minimum Gasteiger partial charge on any atom is -0.324 e. The van der Waals surface area contributed by atoms with Crippen molar-refractivity contribution in [2.45, 2.75) is 26.3 Å². The first-order valence-electron chi connectivity index (χ1n) is 5.71. The van der Waals surface area contributed by atoms with Crippen LogP contribution in [0.4, 0.5) is 11.4 Å². The summed E-state index contributed by atoms with van der Waals surface area (Å²) in [4.78, 5) is 21.8. The van der Waals surface area contributed by atoms with Crippen LogP contribution < -0.4 is 11.1 Å². The van der Waals surface area contributed by atoms with Crippen LogP contribution in [-0.4, -0.2) is 16.9 Å². The third-order valence-electron chi connectivity index (χ3n) is 2.39. The van der Waals surface area contributed by atoms with Gasteiger partial charge in [0.25, 0.3) is 5.69 Å². The van der Waals surface area contributed by atoms with Gasteiger partial charge in [0, 0.05) is 17.8 Å². The number of rotatable bonds is 5. The lowest BCUT2D eigenvalue weighted by molar-refractivity contribution is -0.384. The fourth-order valence-corrected chi connectivity index (χ4v) is 1.55. The molecule has 0 aromatic heterocycles. The summed E-state index contributed by atoms with van der Waals surface area (Å²) in [5.74, 6) is -0.0138. The van der Waals surface area contributed by atoms with Gasteiger partial charge in [0.05, 0.1) is 11.0 Å². The van der Waals surface area contributed by atoms with Gasteiger partial charge < -0.3 is 11.1 Å². The number of nitrogens with two attached hydrogens (primary N) is 1. The van der Waals surface area contributed by atoms with Crippen LogP contribution in [0, 0.1) is 16.0 Å². The number of nitro groups is 1. The fourth-order valence-electron chi connectivity index (χ4n) is 1.55. The Morgan fingerprint density at radius 3 is 2.72 bits per heavy atom. The zero-order valence-electron chi connectivity index (χ0n) is 10.4. The summed E-state index contributed by atoms with van der Waals surface area (Å²) in [6.45, 7) is 3.95. The number of hydrogen-bond donors (Lipinski definition) is 2. The molecule has 98 valence electrons. The molecule has 0 bridgehead atoms. The highest BCUT2D eigenvalue weighted by molar-refractivity contribution is 5.94. The number of carbonyl (C=O) groups excluding carboxylic acids is 1. The van der Waals surface area contributed by atoms with E-state index >= 15 is 0 Å². The van der Waals surface area contributed by atoms with E-state index in [9.17, 15) is 14.9 Å². The summed E-state index contributed by atoms with van der Waals surface area (Å²) >= 11 is 0. The van der Waals surface area contributed by atoms with Gasteiger partial charge in [-0.15, -0.1) is 0 Å². The van der Waals surface area contributed by atoms with Crippen LogP contribution in [0.1, 0.15) is 20.3 Å². The average molecular weight is 251 g/mol. The molecule has 1 amide bonds. The van der Waals surface area contributed by atoms with Gasteiger partial charge in [0.15, 0.2) is 0 Å². The number of amides is 1. The molecule has 18 heavy (non-hydrogen) atoms. The van der Waals surface area contributed by atoms with Gasteiger partial charge in [-0.1, -0.05) is 19.9 Å². The van der Waals surface area contributed by atoms with E-state index in [0.29, 0.717) is 18.0 Å². The normalized spacial score (nSPS) is 12.2. The van der Waals surface area contributed by atoms with E-state index in [1.165, 1.54) is 18.2 Å². The predicted octanol–water partition coefficient (Wildman–Crippen LogP) is 1.91. The minimum absolute atomic E-state index is 0.0646. The number of hydrogen-bond acceptors (Lipinski definition) is 4. The molecule has 1 aromatic carbocycles. The first kappa shape index (κ1) is 14.1. The number of non-ortho nitro benzene ring substituents is 1. The van der Waals surface area contributed by atoms with Crippen LogP contribution in [0.3, 0.4) is 0 Å². The van der Waals surface area contributed by atoms with E-state index in [1.807, 2.05) is 13.8 Å². The summed E-state index contributed by atoms with van der Waals surface area (Å²) < 4.78 is 0. The Kier molecular flexibility index (Phi) is 4.79. The van der Waals surface area contributed by atoms with Crippen LogP contribution >= 0.6 is 0 Å². The van der Waals surface area contributed by atoms with Crippen molar-refractivity contribution in [1.82, 2.24) is 0 Å². The lowest BCUT2D eigenvalue weighted by Gasteiger charge is -2.13. The van der Waals surface area contributed by atoms with Crippen LogP contribution in [0.2, 0.25) is 0 Å². The number of anilines is 1. The van der Waals surface area contributed by atoms with Crippen molar-refractivity contribution < 1.29 is 9.72 Å². The molecule has 1 atom stereocenters. The lowest BCUT2D eigenvalue weighted by Crippen LogP contribution is -2.36. The highest BCUT2D eigenvalue weighted by Gasteiger charge is 2.16. The molecule has 6 heteroatoms. The Balaban J connectivity index is 2.70. The number of nitrogens with zero attached hydrogens (tertiary/aromatic N) is 1. The molecule has 0 unspecified atom stereocenters. The number of nitro benzene ring substituents is 1. The summed E-state index contributed by atoms with van der Waals surface area (Å²) in [5, 5.41) is 13.2. The van der Waals surface area contributed by atoms with E-state index in [0.717, 1.165) is 0 Å². The molecule has 3 N–H and O–H groups in total. The van der Waals surface area contributed by atoms with E-state index < -0.39 is 11.0 Å². The number of nitrogens with one attached hydrogen (secondary N) is 1. The van der Waals surface area contributed by atoms with Crippen molar-refractivity contribution in [2.24, 2.45) is 11.7 Å². The van der Waals surface area contributed by atoms with Crippen LogP contribution in [0.5, 0.6) is 0 Å². The van der Waals surface area contributed by atoms with Gasteiger partial charge in [-0.2, -0.15) is 0 Å². The van der Waals surface area contributed by atoms with E-state index in [-0.39, 0.29) is 11.6 Å². The molecule has 1 rings (SSSR count). The largest absolute Gasteiger partial charge is 0.324 e. The summed E-state index contributed by atoms with van der Waals surface area (Å²) in [6, 6.07) is 5.17. The number of benzene rings is 1. The Morgan fingerprint density at radius 1 is 1.50 bits per heavy atom. The highest BCUT2D eigenvalue weighted by Crippen LogP contribution is 2.17. The molecule has 0 heterocycles. The molecular formula is C12H17N3O3. The molecule has 0 aliphatic carbocycles. The first-order valence-corrected chi connectivity index (χ1v) is 5.71. The summed E-state index contributed by atoms with van der Waals surface area (Å²) in [7, 11) is 0. The maximum absolute atomic E-state index is 11.7. The third kappa shape index (κ3) is 4.14. The second-order valence-corrected chi connectivity index (χ2v) is 4.53. The maximum atomic E-state index is 11.7. The van der Waals surface area contributed by atoms with Crippen molar-refractivity contribution in [3.05, 3.63) is 34.4 Å². The van der Waals surface area contributed by atoms with E-state index in [2.05, 4.69) is 5.32 Å². The molecular weight excluding hydrogens is 234 g/mol. The topological polar surface area (TPSA) is 98.3 Å². The van der Waals surface area contributed by atoms with Crippen molar-refractivity contribution >= 4 is 17.3 Å². The Hall–Kier alpha value is -1.95. The average Bonchev–Trinajstić information content (AvgIpc) is 2.28. The first-order chi connectivity index (χ1) is 8.40. The summed E-state index contributed by atoms with van der Waals surface area (Å²) in [5.41, 5.74) is 6.04. The highest BCUT2D eigenvalue weighted by atomic mass is 16.6. The Bertz CT molecular complexity index is 446. The standard InChI is InChI=1S/C12H17N3O3/c1-8(2)6-11(13)12(16)14-9-4-3-5-10(7-9)15(17)18/h3-5,7-8,11H,6,13H2,1-2H3,(H,14,16)/t11-/m0/s1. The molecule has 0 radical (unpaired) electrons. The van der Waals surface area contributed by atoms with Gasteiger partial charge >= 0.3 is 0 Å². The van der Waals surface area contributed by atoms with Crippen molar-refractivity contribution in [3.8, 4) is 0 Å². The maximum Gasteiger partial charge on any atom is 0.271 e. The van der Waals surface area contributed by atoms with Crippen LogP contribution in [-0.2, 0) is 4.79 Å². The molecule has 0 aliphatic heterocycles. The van der Waals surface area contributed by atoms with Gasteiger partial charge in [0.2, 0.25) is 5.91 Å².